The molecule has 140 valence electrons. The van der Waals surface area contributed by atoms with Crippen LogP contribution in [0.1, 0.15) is 11.1 Å². The van der Waals surface area contributed by atoms with Crippen molar-refractivity contribution in [3.63, 3.8) is 0 Å². The van der Waals surface area contributed by atoms with E-state index < -0.39 is 0 Å². The molecule has 3 aromatic rings. The third kappa shape index (κ3) is 4.33. The predicted molar refractivity (Wildman–Crippen MR) is 113 cm³/mol. The highest BCUT2D eigenvalue weighted by atomic mass is 19.1. The minimum Gasteiger partial charge on any atom is -0.289 e. The van der Waals surface area contributed by atoms with E-state index in [0.29, 0.717) is 16.8 Å². The Labute approximate surface area is 168 Å². The molecule has 3 aromatic carbocycles. The molecule has 1 aliphatic rings. The fraction of sp³-hybridized carbons (Fsp3) is 0. The molecule has 0 aromatic heterocycles. The number of allylic oxidation sites excluding steroid dienone is 5. The van der Waals surface area contributed by atoms with Gasteiger partial charge in [0.2, 0.25) is 0 Å². The summed E-state index contributed by atoms with van der Waals surface area (Å²) in [7, 11) is 0. The van der Waals surface area contributed by atoms with Crippen LogP contribution in [-0.4, -0.2) is 5.78 Å². The minimum atomic E-state index is -0.320. The Bertz CT molecular complexity index is 1080. The van der Waals surface area contributed by atoms with Crippen LogP contribution in [0.25, 0.3) is 11.1 Å². The van der Waals surface area contributed by atoms with E-state index in [2.05, 4.69) is 10.2 Å². The van der Waals surface area contributed by atoms with Gasteiger partial charge in [0.05, 0.1) is 11.9 Å². The van der Waals surface area contributed by atoms with Crippen molar-refractivity contribution in [1.82, 2.24) is 0 Å². The number of nitrogens with zero attached hydrogens (tertiary/aromatic N) is 2. The summed E-state index contributed by atoms with van der Waals surface area (Å²) in [6.45, 7) is 0. The van der Waals surface area contributed by atoms with Crippen LogP contribution >= 0.6 is 0 Å². The Morgan fingerprint density at radius 2 is 1.21 bits per heavy atom. The van der Waals surface area contributed by atoms with E-state index in [1.165, 1.54) is 12.1 Å². The zero-order valence-corrected chi connectivity index (χ0v) is 15.5. The highest BCUT2D eigenvalue weighted by molar-refractivity contribution is 6.43. The average molecular weight is 380 g/mol. The van der Waals surface area contributed by atoms with Crippen LogP contribution in [0.2, 0.25) is 0 Å². The second-order valence-electron chi connectivity index (χ2n) is 6.50. The van der Waals surface area contributed by atoms with Crippen LogP contribution in [0, 0.1) is 5.82 Å². The predicted octanol–water partition coefficient (Wildman–Crippen LogP) is 6.54. The molecule has 0 radical (unpaired) electrons. The number of ketones is 1. The van der Waals surface area contributed by atoms with E-state index in [1.807, 2.05) is 72.8 Å². The molecule has 0 fully saturated rings. The molecule has 4 heteroatoms. The molecular weight excluding hydrogens is 363 g/mol. The second-order valence-corrected chi connectivity index (χ2v) is 6.50. The lowest BCUT2D eigenvalue weighted by Crippen LogP contribution is -2.09. The number of carbonyl (C=O) groups is 1. The standard InChI is InChI=1S/C25H17FN2O/c26-21-11-13-22(14-12-21)28-27-17-18-15-23(19-7-3-1-4-8-19)25(29)24(16-18)20-9-5-2-6-10-20/h1-17H. The average Bonchev–Trinajstić information content (AvgIpc) is 2.77. The van der Waals surface area contributed by atoms with Crippen molar-refractivity contribution in [3.8, 4) is 0 Å². The first-order valence-electron chi connectivity index (χ1n) is 9.16. The van der Waals surface area contributed by atoms with Gasteiger partial charge in [-0.1, -0.05) is 60.7 Å². The molecule has 0 atom stereocenters. The number of azo groups is 1. The van der Waals surface area contributed by atoms with Gasteiger partial charge in [0.25, 0.3) is 0 Å². The topological polar surface area (TPSA) is 41.8 Å². The van der Waals surface area contributed by atoms with Gasteiger partial charge >= 0.3 is 0 Å². The van der Waals surface area contributed by atoms with Crippen molar-refractivity contribution in [2.24, 2.45) is 10.2 Å². The smallest absolute Gasteiger partial charge is 0.194 e. The summed E-state index contributed by atoms with van der Waals surface area (Å²) in [5.41, 5.74) is 4.22. The van der Waals surface area contributed by atoms with Crippen LogP contribution in [0.5, 0.6) is 0 Å². The number of halogens is 1. The lowest BCUT2D eigenvalue weighted by molar-refractivity contribution is -0.108. The van der Waals surface area contributed by atoms with Crippen LogP contribution in [0.15, 0.2) is 119 Å². The summed E-state index contributed by atoms with van der Waals surface area (Å²) >= 11 is 0. The first-order valence-corrected chi connectivity index (χ1v) is 9.16. The largest absolute Gasteiger partial charge is 0.289 e. The molecule has 29 heavy (non-hydrogen) atoms. The van der Waals surface area contributed by atoms with Gasteiger partial charge in [0, 0.05) is 11.1 Å². The third-order valence-electron chi connectivity index (χ3n) is 4.49. The van der Waals surface area contributed by atoms with Gasteiger partial charge in [-0.25, -0.2) is 4.39 Å². The van der Waals surface area contributed by atoms with Crippen molar-refractivity contribution in [2.45, 2.75) is 0 Å². The number of carbonyl (C=O) groups excluding carboxylic acids is 1. The summed E-state index contributed by atoms with van der Waals surface area (Å²) < 4.78 is 13.0. The zero-order chi connectivity index (χ0) is 20.1. The molecule has 1 aliphatic carbocycles. The molecule has 0 saturated heterocycles. The maximum atomic E-state index is 13.1. The van der Waals surface area contributed by atoms with Gasteiger partial charge in [-0.05, 0) is 53.1 Å². The molecule has 0 saturated carbocycles. The number of hydrogen-bond donors (Lipinski definition) is 0. The molecule has 0 amide bonds. The van der Waals surface area contributed by atoms with E-state index in [1.54, 1.807) is 18.3 Å². The SMILES string of the molecule is O=C1C(c2ccccc2)=CC(=CN=Nc2ccc(F)cc2)C=C1c1ccccc1. The van der Waals surface area contributed by atoms with E-state index in [0.717, 1.165) is 16.7 Å². The van der Waals surface area contributed by atoms with Gasteiger partial charge in [-0.3, -0.25) is 4.79 Å². The second kappa shape index (κ2) is 8.40. The lowest BCUT2D eigenvalue weighted by atomic mass is 9.86. The lowest BCUT2D eigenvalue weighted by Gasteiger charge is -2.16. The van der Waals surface area contributed by atoms with Crippen LogP contribution in [0.3, 0.4) is 0 Å². The van der Waals surface area contributed by atoms with Gasteiger partial charge < -0.3 is 0 Å². The van der Waals surface area contributed by atoms with Crippen LogP contribution in [0.4, 0.5) is 10.1 Å². The number of benzene rings is 3. The van der Waals surface area contributed by atoms with E-state index in [-0.39, 0.29) is 11.6 Å². The van der Waals surface area contributed by atoms with Crippen LogP contribution < -0.4 is 0 Å². The van der Waals surface area contributed by atoms with Gasteiger partial charge in [0.1, 0.15) is 5.82 Å². The van der Waals surface area contributed by atoms with E-state index in [4.69, 9.17) is 0 Å². The van der Waals surface area contributed by atoms with Gasteiger partial charge in [0.15, 0.2) is 5.78 Å². The summed E-state index contributed by atoms with van der Waals surface area (Å²) in [6, 6.07) is 24.9. The fourth-order valence-electron chi connectivity index (χ4n) is 3.06. The Morgan fingerprint density at radius 1 is 0.690 bits per heavy atom. The quantitative estimate of drug-likeness (QED) is 0.474. The molecule has 3 nitrogen and oxygen atoms in total. The highest BCUT2D eigenvalue weighted by Gasteiger charge is 2.22. The summed E-state index contributed by atoms with van der Waals surface area (Å²) in [6.07, 6.45) is 5.23. The number of Topliss-reactive ketones (excluding diaryl/α,β-unsaturated/α-hetero) is 1. The molecule has 0 aliphatic heterocycles. The van der Waals surface area contributed by atoms with Crippen LogP contribution in [-0.2, 0) is 4.79 Å². The normalized spacial score (nSPS) is 14.0. The molecule has 0 unspecified atom stereocenters. The third-order valence-corrected chi connectivity index (χ3v) is 4.49. The maximum Gasteiger partial charge on any atom is 0.194 e. The first kappa shape index (κ1) is 18.4. The van der Waals surface area contributed by atoms with Crippen molar-refractivity contribution < 1.29 is 9.18 Å². The van der Waals surface area contributed by atoms with E-state index in [9.17, 15) is 9.18 Å². The van der Waals surface area contributed by atoms with Crippen molar-refractivity contribution >= 4 is 22.6 Å². The number of rotatable bonds is 4. The Balaban J connectivity index is 1.73. The van der Waals surface area contributed by atoms with Gasteiger partial charge in [-0.15, -0.1) is 0 Å². The Kier molecular flexibility index (Phi) is 5.34. The maximum absolute atomic E-state index is 13.1. The van der Waals surface area contributed by atoms with E-state index >= 15 is 0 Å². The van der Waals surface area contributed by atoms with Gasteiger partial charge in [-0.2, -0.15) is 10.2 Å². The Hall–Kier alpha value is -3.92. The zero-order valence-electron chi connectivity index (χ0n) is 15.5. The van der Waals surface area contributed by atoms with Crippen molar-refractivity contribution in [1.29, 1.82) is 0 Å². The molecule has 0 N–H and O–H groups in total. The highest BCUT2D eigenvalue weighted by Crippen LogP contribution is 2.32. The first-order chi connectivity index (χ1) is 14.2. The summed E-state index contributed by atoms with van der Waals surface area (Å²) in [5, 5.41) is 8.21. The summed E-state index contributed by atoms with van der Waals surface area (Å²) in [4.78, 5) is 13.1. The fourth-order valence-corrected chi connectivity index (χ4v) is 3.06. The molecule has 4 rings (SSSR count). The Morgan fingerprint density at radius 3 is 1.72 bits per heavy atom. The monoisotopic (exact) mass is 380 g/mol. The molecule has 0 bridgehead atoms. The van der Waals surface area contributed by atoms with Crippen molar-refractivity contribution in [3.05, 3.63) is 126 Å². The summed E-state index contributed by atoms with van der Waals surface area (Å²) in [5.74, 6) is -0.353. The van der Waals surface area contributed by atoms with Crippen molar-refractivity contribution in [2.75, 3.05) is 0 Å². The molecule has 0 spiro atoms. The molecule has 0 heterocycles. The minimum absolute atomic E-state index is 0.0324. The number of hydrogen-bond acceptors (Lipinski definition) is 3. The molecular formula is C25H17FN2O.